The number of phosphoric acid groups is 1. The molecule has 0 bridgehead atoms. The summed E-state index contributed by atoms with van der Waals surface area (Å²) in [6.45, 7) is -1.80. The van der Waals surface area contributed by atoms with E-state index in [4.69, 9.17) is 30.0 Å². The van der Waals surface area contributed by atoms with E-state index in [1.165, 1.54) is 0 Å². The number of aliphatic hydroxyl groups excluding tert-OH is 2. The average Bonchev–Trinajstić information content (AvgIpc) is 3.53. The number of nitrogen functional groups attached to an aromatic ring is 2. The first-order chi connectivity index (χ1) is 18.9. The number of aromatic nitrogens is 7. The van der Waals surface area contributed by atoms with E-state index in [9.17, 15) is 33.7 Å². The van der Waals surface area contributed by atoms with Crippen LogP contribution in [0.15, 0.2) is 22.2 Å². The van der Waals surface area contributed by atoms with Crippen LogP contribution >= 0.6 is 7.82 Å². The number of rotatable bonds is 8. The summed E-state index contributed by atoms with van der Waals surface area (Å²) < 4.78 is 64.8. The molecule has 3 aromatic heterocycles. The highest BCUT2D eigenvalue weighted by molar-refractivity contribution is 7.47. The number of alkyl halides is 2. The third-order valence-corrected chi connectivity index (χ3v) is 7.13. The van der Waals surface area contributed by atoms with Gasteiger partial charge in [0.2, 0.25) is 11.9 Å². The zero-order valence-corrected chi connectivity index (χ0v) is 20.8. The number of nitrogens with two attached hydrogens (primary N) is 2. The number of ether oxygens (including phenoxy) is 2. The summed E-state index contributed by atoms with van der Waals surface area (Å²) in [6.07, 6.45) is -12.8. The Labute approximate surface area is 219 Å². The molecule has 3 aromatic rings. The second-order valence-corrected chi connectivity index (χ2v) is 10.1. The number of H-pyrrole nitrogens is 1. The van der Waals surface area contributed by atoms with Crippen molar-refractivity contribution in [3.63, 3.8) is 0 Å². The number of phosphoric ester groups is 1. The molecule has 5 rings (SSSR count). The number of hydrogen-bond acceptors (Lipinski definition) is 15. The van der Waals surface area contributed by atoms with Gasteiger partial charge in [-0.1, -0.05) is 0 Å². The van der Waals surface area contributed by atoms with Gasteiger partial charge < -0.3 is 36.0 Å². The third-order valence-electron chi connectivity index (χ3n) is 6.14. The summed E-state index contributed by atoms with van der Waals surface area (Å²) in [4.78, 5) is 51.0. The Morgan fingerprint density at radius 2 is 1.75 bits per heavy atom. The van der Waals surface area contributed by atoms with E-state index in [1.807, 2.05) is 0 Å². The number of anilines is 2. The molecule has 0 radical (unpaired) electrons. The lowest BCUT2D eigenvalue weighted by Crippen LogP contribution is -2.35. The van der Waals surface area contributed by atoms with E-state index in [2.05, 4.69) is 24.9 Å². The standard InChI is InChI=1S/C18H22F2N9O10P/c19-7-10(31)6(38-14(7)29-4-24-16(21)27-18(29)33)2-36-40(34,35)39-11-5(1-30)37-15(8(11)20)28-3-23-9-12(28)25-17(22)26-13(9)32/h3-8,10-11,14-15,30-31H,1-2H2,(H,34,35)(H2,21,27,33)(H3,22,25,26,32)/t5-,6-,7?,8+,10+,11?,14-,15-/m1/s1. The second kappa shape index (κ2) is 10.5. The quantitative estimate of drug-likeness (QED) is 0.144. The monoisotopic (exact) mass is 593 g/mol. The Morgan fingerprint density at radius 3 is 2.45 bits per heavy atom. The molecule has 5 heterocycles. The van der Waals surface area contributed by atoms with Gasteiger partial charge in [0.25, 0.3) is 5.56 Å². The van der Waals surface area contributed by atoms with Gasteiger partial charge >= 0.3 is 13.5 Å². The van der Waals surface area contributed by atoms with Crippen LogP contribution in [0.5, 0.6) is 0 Å². The molecule has 0 aromatic carbocycles. The maximum Gasteiger partial charge on any atom is 0.472 e. The fourth-order valence-corrected chi connectivity index (χ4v) is 5.22. The number of aromatic amines is 1. The van der Waals surface area contributed by atoms with Crippen molar-refractivity contribution in [3.8, 4) is 0 Å². The number of nitrogens with one attached hydrogen (secondary N) is 1. The average molecular weight is 593 g/mol. The molecule has 2 aliphatic heterocycles. The van der Waals surface area contributed by atoms with Crippen molar-refractivity contribution in [2.45, 2.75) is 49.2 Å². The highest BCUT2D eigenvalue weighted by Gasteiger charge is 2.51. The molecular weight excluding hydrogens is 571 g/mol. The van der Waals surface area contributed by atoms with E-state index < -0.39 is 81.5 Å². The number of fused-ring (bicyclic) bond motifs is 1. The molecule has 22 heteroatoms. The zero-order valence-electron chi connectivity index (χ0n) is 19.9. The molecule has 0 aliphatic carbocycles. The van der Waals surface area contributed by atoms with E-state index >= 15 is 4.39 Å². The van der Waals surface area contributed by atoms with Crippen molar-refractivity contribution in [3.05, 3.63) is 33.5 Å². The van der Waals surface area contributed by atoms with Gasteiger partial charge in [0.1, 0.15) is 30.7 Å². The molecule has 0 amide bonds. The smallest absolute Gasteiger partial charge is 0.394 e. The molecule has 2 fully saturated rings. The Balaban J connectivity index is 1.28. The predicted octanol–water partition coefficient (Wildman–Crippen LogP) is -2.74. The summed E-state index contributed by atoms with van der Waals surface area (Å²) in [5.41, 5.74) is 8.73. The number of halogens is 2. The van der Waals surface area contributed by atoms with Gasteiger partial charge in [0.15, 0.2) is 36.0 Å². The normalized spacial score (nSPS) is 32.0. The largest absolute Gasteiger partial charge is 0.472 e. The van der Waals surface area contributed by atoms with Crippen molar-refractivity contribution in [1.29, 1.82) is 0 Å². The first-order valence-electron chi connectivity index (χ1n) is 11.4. The first-order valence-corrected chi connectivity index (χ1v) is 12.9. The molecule has 3 unspecified atom stereocenters. The maximum atomic E-state index is 15.5. The fraction of sp³-hybridized carbons (Fsp3) is 0.556. The lowest BCUT2D eigenvalue weighted by molar-refractivity contribution is -0.0582. The molecule has 9 atom stereocenters. The highest BCUT2D eigenvalue weighted by atomic mass is 31.2. The van der Waals surface area contributed by atoms with Gasteiger partial charge in [0, 0.05) is 0 Å². The molecule has 2 aliphatic rings. The third kappa shape index (κ3) is 5.08. The highest BCUT2D eigenvalue weighted by Crippen LogP contribution is 2.50. The van der Waals surface area contributed by atoms with Gasteiger partial charge in [-0.3, -0.25) is 28.0 Å². The van der Waals surface area contributed by atoms with Gasteiger partial charge in [-0.05, 0) is 0 Å². The van der Waals surface area contributed by atoms with Gasteiger partial charge in [-0.25, -0.2) is 28.1 Å². The second-order valence-electron chi connectivity index (χ2n) is 8.71. The topological polar surface area (TPSA) is 278 Å². The summed E-state index contributed by atoms with van der Waals surface area (Å²) in [7, 11) is -5.17. The van der Waals surface area contributed by atoms with Crippen molar-refractivity contribution in [2.75, 3.05) is 24.7 Å². The molecule has 40 heavy (non-hydrogen) atoms. The Morgan fingerprint density at radius 1 is 1.07 bits per heavy atom. The lowest BCUT2D eigenvalue weighted by Gasteiger charge is -2.22. The van der Waals surface area contributed by atoms with Crippen molar-refractivity contribution in [1.82, 2.24) is 34.1 Å². The molecule has 19 nitrogen and oxygen atoms in total. The van der Waals surface area contributed by atoms with E-state index in [-0.39, 0.29) is 23.1 Å². The van der Waals surface area contributed by atoms with Crippen molar-refractivity contribution in [2.24, 2.45) is 0 Å². The number of aliphatic hydroxyl groups is 2. The van der Waals surface area contributed by atoms with Crippen molar-refractivity contribution < 1.29 is 47.0 Å². The van der Waals surface area contributed by atoms with Crippen LogP contribution in [0.1, 0.15) is 12.5 Å². The predicted molar refractivity (Wildman–Crippen MR) is 125 cm³/mol. The molecule has 0 spiro atoms. The number of nitrogens with zero attached hydrogens (tertiary/aromatic N) is 6. The summed E-state index contributed by atoms with van der Waals surface area (Å²) in [5, 5.41) is 19.8. The zero-order chi connectivity index (χ0) is 28.9. The minimum Gasteiger partial charge on any atom is -0.394 e. The summed E-state index contributed by atoms with van der Waals surface area (Å²) in [5.74, 6) is -0.676. The van der Waals surface area contributed by atoms with Crippen LogP contribution < -0.4 is 22.7 Å². The van der Waals surface area contributed by atoms with Gasteiger partial charge in [-0.2, -0.15) is 9.97 Å². The Bertz CT molecular complexity index is 1570. The van der Waals surface area contributed by atoms with E-state index in [1.54, 1.807) is 0 Å². The Hall–Kier alpha value is -3.43. The molecule has 8 N–H and O–H groups in total. The van der Waals surface area contributed by atoms with Crippen LogP contribution in [-0.2, 0) is 23.1 Å². The van der Waals surface area contributed by atoms with Gasteiger partial charge in [0.05, 0.1) is 19.5 Å². The van der Waals surface area contributed by atoms with Crippen LogP contribution in [0.2, 0.25) is 0 Å². The van der Waals surface area contributed by atoms with Crippen LogP contribution in [0.25, 0.3) is 11.2 Å². The fourth-order valence-electron chi connectivity index (χ4n) is 4.27. The van der Waals surface area contributed by atoms with E-state index in [0.717, 1.165) is 17.2 Å². The summed E-state index contributed by atoms with van der Waals surface area (Å²) in [6, 6.07) is 0. The summed E-state index contributed by atoms with van der Waals surface area (Å²) >= 11 is 0. The molecule has 2 saturated heterocycles. The molecule has 218 valence electrons. The van der Waals surface area contributed by atoms with Crippen LogP contribution in [-0.4, -0.2) is 99.1 Å². The van der Waals surface area contributed by atoms with E-state index in [0.29, 0.717) is 4.57 Å². The lowest BCUT2D eigenvalue weighted by atomic mass is 10.1. The minimum atomic E-state index is -5.17. The van der Waals surface area contributed by atoms with Crippen LogP contribution in [0.4, 0.5) is 20.7 Å². The van der Waals surface area contributed by atoms with Crippen LogP contribution in [0.3, 0.4) is 0 Å². The molecule has 0 saturated carbocycles. The number of hydrogen-bond donors (Lipinski definition) is 6. The minimum absolute atomic E-state index is 0.164. The first kappa shape index (κ1) is 28.1. The molecular formula is C18H22F2N9O10P. The van der Waals surface area contributed by atoms with Crippen LogP contribution in [0, 0.1) is 0 Å². The Kier molecular flexibility index (Phi) is 7.39. The number of imidazole rings is 1. The van der Waals surface area contributed by atoms with Gasteiger partial charge in [-0.15, -0.1) is 0 Å². The SMILES string of the molecule is Nc1ncn([C@@H]2O[C@H](COP(=O)(O)OC3[C@@H](CO)O[C@@H](n4cnc5c(=O)[nH]c(N)nc54)[C@H]3F)[C@H](O)C2F)c(=O)n1. The van der Waals surface area contributed by atoms with Crippen molar-refractivity contribution >= 4 is 30.9 Å². The maximum absolute atomic E-state index is 15.5.